The molecule has 6 aliphatic heterocycles. The first-order valence-corrected chi connectivity index (χ1v) is 30.0. The highest BCUT2D eigenvalue weighted by Gasteiger charge is 2.76. The number of rotatable bonds is 4. The summed E-state index contributed by atoms with van der Waals surface area (Å²) < 4.78 is 35.3. The van der Waals surface area contributed by atoms with Crippen LogP contribution in [0.15, 0.2) is 0 Å². The van der Waals surface area contributed by atoms with Crippen molar-refractivity contribution in [1.82, 2.24) is 0 Å². The lowest BCUT2D eigenvalue weighted by molar-refractivity contribution is 0.186. The number of epoxide rings is 6. The summed E-state index contributed by atoms with van der Waals surface area (Å²) in [4.78, 5) is 0. The van der Waals surface area contributed by atoms with E-state index in [0.29, 0.717) is 22.4 Å². The van der Waals surface area contributed by atoms with Gasteiger partial charge in [0.25, 0.3) is 0 Å². The second-order valence-corrected chi connectivity index (χ2v) is 22.6. The Hall–Kier alpha value is -0.240. The summed E-state index contributed by atoms with van der Waals surface area (Å²) in [5.41, 5.74) is 3.15. The highest BCUT2D eigenvalue weighted by Crippen LogP contribution is 2.69. The minimum atomic E-state index is 0.195. The van der Waals surface area contributed by atoms with Crippen molar-refractivity contribution in [3.05, 3.63) is 0 Å². The van der Waals surface area contributed by atoms with Crippen molar-refractivity contribution in [3.8, 4) is 0 Å². The quantitative estimate of drug-likeness (QED) is 0.261. The molecule has 0 aromatic rings. The van der Waals surface area contributed by atoms with Gasteiger partial charge in [-0.3, -0.25) is 0 Å². The van der Waals surface area contributed by atoms with Crippen LogP contribution in [0.1, 0.15) is 326 Å². The van der Waals surface area contributed by atoms with Gasteiger partial charge in [-0.15, -0.1) is 0 Å². The van der Waals surface area contributed by atoms with Crippen molar-refractivity contribution < 1.29 is 28.4 Å². The monoisotopic (exact) mass is 949 g/mol. The van der Waals surface area contributed by atoms with Crippen LogP contribution >= 0.6 is 0 Å². The van der Waals surface area contributed by atoms with Gasteiger partial charge in [-0.1, -0.05) is 174 Å². The number of hydrogen-bond acceptors (Lipinski definition) is 6. The molecule has 6 heterocycles. The van der Waals surface area contributed by atoms with Crippen molar-refractivity contribution in [3.63, 3.8) is 0 Å². The van der Waals surface area contributed by atoms with Gasteiger partial charge >= 0.3 is 0 Å². The largest absolute Gasteiger partial charge is 0.363 e. The van der Waals surface area contributed by atoms with Gasteiger partial charge in [0.05, 0.1) is 56.0 Å². The van der Waals surface area contributed by atoms with Gasteiger partial charge in [-0.2, -0.15) is 0 Å². The SMILES string of the molecule is CC.CC.CC.CC.CC.CC.CC12CCCCC1(C)O2.CC12CCCCC1(C)O2.CC12CCCCC1(CC13CCCCC1(C)O3)O2.CCC12CCCCC1(C)O2.CCC12CCCCC1(C)O2. The Morgan fingerprint density at radius 2 is 0.388 bits per heavy atom. The second-order valence-electron chi connectivity index (χ2n) is 22.6. The molecule has 12 unspecified atom stereocenters. The lowest BCUT2D eigenvalue weighted by Crippen LogP contribution is -2.37. The van der Waals surface area contributed by atoms with Crippen molar-refractivity contribution >= 4 is 0 Å². The molecule has 0 radical (unpaired) electrons. The molecule has 12 fully saturated rings. The van der Waals surface area contributed by atoms with E-state index in [2.05, 4.69) is 69.2 Å². The highest BCUT2D eigenvalue weighted by molar-refractivity contribution is 5.25. The van der Waals surface area contributed by atoms with Crippen LogP contribution < -0.4 is 0 Å². The molecule has 0 N–H and O–H groups in total. The van der Waals surface area contributed by atoms with Crippen LogP contribution in [-0.4, -0.2) is 67.2 Å². The van der Waals surface area contributed by atoms with Crippen molar-refractivity contribution in [1.29, 1.82) is 0 Å². The number of fused-ring (bicyclic) bond motifs is 6. The molecule has 0 amide bonds. The number of ether oxygens (including phenoxy) is 6. The maximum Gasteiger partial charge on any atom is 0.101 e. The summed E-state index contributed by atoms with van der Waals surface area (Å²) >= 11 is 0. The average molecular weight is 950 g/mol. The molecule has 0 spiro atoms. The summed E-state index contributed by atoms with van der Waals surface area (Å²) in [7, 11) is 0. The Bertz CT molecular complexity index is 1270. The van der Waals surface area contributed by atoms with Gasteiger partial charge in [0.2, 0.25) is 0 Å². The van der Waals surface area contributed by atoms with Gasteiger partial charge in [0.15, 0.2) is 0 Å². The van der Waals surface area contributed by atoms with Crippen molar-refractivity contribution in [2.45, 2.75) is 393 Å². The molecule has 0 aromatic carbocycles. The summed E-state index contributed by atoms with van der Waals surface area (Å²) in [6.45, 7) is 46.7. The Kier molecular flexibility index (Phi) is 23.6. The van der Waals surface area contributed by atoms with E-state index in [4.69, 9.17) is 28.4 Å². The third-order valence-corrected chi connectivity index (χ3v) is 19.2. The normalized spacial score (nSPS) is 46.7. The van der Waals surface area contributed by atoms with E-state index in [1.807, 2.05) is 83.1 Å². The summed E-state index contributed by atoms with van der Waals surface area (Å²) in [5.74, 6) is 0. The molecule has 12 rings (SSSR count). The summed E-state index contributed by atoms with van der Waals surface area (Å²) in [6.07, 6.45) is 35.4. The predicted octanol–water partition coefficient (Wildman–Crippen LogP) is 18.9. The molecule has 6 saturated heterocycles. The Labute approximate surface area is 419 Å². The van der Waals surface area contributed by atoms with Crippen LogP contribution in [0.2, 0.25) is 0 Å². The minimum absolute atomic E-state index is 0.195. The van der Waals surface area contributed by atoms with E-state index in [-0.39, 0.29) is 44.8 Å². The fourth-order valence-electron chi connectivity index (χ4n) is 13.9. The van der Waals surface area contributed by atoms with Crippen LogP contribution in [0.5, 0.6) is 0 Å². The second kappa shape index (κ2) is 25.1. The molecule has 6 saturated carbocycles. The van der Waals surface area contributed by atoms with Crippen molar-refractivity contribution in [2.24, 2.45) is 0 Å². The lowest BCUT2D eigenvalue weighted by atomic mass is 9.70. The molecule has 67 heavy (non-hydrogen) atoms. The standard InChI is InChI=1S/C15H24O2.2C9H16O.2C8H14O.6C2H6/c1-12-7-3-5-9-14(12,16-12)11-15-10-6-4-8-13(15,2)17-15;2*1-3-9-7-5-4-6-8(9,2)10-9;2*1-7-5-3-4-6-8(7,2)9-7;6*1-2/h3-11H2,1-2H3;2*3-7H2,1-2H3;2*3-6H2,1-2H3;6*1-2H3. The van der Waals surface area contributed by atoms with E-state index < -0.39 is 0 Å². The van der Waals surface area contributed by atoms with E-state index in [1.165, 1.54) is 173 Å². The predicted molar refractivity (Wildman–Crippen MR) is 289 cm³/mol. The van der Waals surface area contributed by atoms with E-state index in [1.54, 1.807) is 0 Å². The van der Waals surface area contributed by atoms with Gasteiger partial charge in [0.1, 0.15) is 11.2 Å². The maximum absolute atomic E-state index is 6.21. The van der Waals surface area contributed by atoms with Crippen LogP contribution in [0.3, 0.4) is 0 Å². The molecule has 6 nitrogen and oxygen atoms in total. The molecule has 0 bridgehead atoms. The molecule has 400 valence electrons. The van der Waals surface area contributed by atoms with Crippen LogP contribution in [0.25, 0.3) is 0 Å². The minimum Gasteiger partial charge on any atom is -0.363 e. The first-order valence-electron chi connectivity index (χ1n) is 30.0. The zero-order valence-electron chi connectivity index (χ0n) is 49.5. The molecule has 0 aromatic heterocycles. The van der Waals surface area contributed by atoms with E-state index in [0.717, 1.165) is 0 Å². The zero-order chi connectivity index (χ0) is 51.3. The van der Waals surface area contributed by atoms with Gasteiger partial charge in [-0.25, -0.2) is 0 Å². The maximum atomic E-state index is 6.21. The third kappa shape index (κ3) is 12.9. The first-order chi connectivity index (χ1) is 31.8. The van der Waals surface area contributed by atoms with Gasteiger partial charge in [-0.05, 0) is 145 Å². The smallest absolute Gasteiger partial charge is 0.101 e. The number of hydrogen-bond donors (Lipinski definition) is 0. The van der Waals surface area contributed by atoms with E-state index in [9.17, 15) is 0 Å². The zero-order valence-corrected chi connectivity index (χ0v) is 49.5. The average Bonchev–Trinajstić information content (AvgIpc) is 4.16. The van der Waals surface area contributed by atoms with Crippen LogP contribution in [-0.2, 0) is 28.4 Å². The molecular formula is C61H120O6. The summed E-state index contributed by atoms with van der Waals surface area (Å²) in [5, 5.41) is 0. The van der Waals surface area contributed by atoms with Crippen LogP contribution in [0, 0.1) is 0 Å². The molecule has 12 atom stereocenters. The Morgan fingerprint density at radius 1 is 0.224 bits per heavy atom. The fourth-order valence-corrected chi connectivity index (χ4v) is 13.9. The third-order valence-electron chi connectivity index (χ3n) is 19.2. The lowest BCUT2D eigenvalue weighted by Gasteiger charge is -2.28. The topological polar surface area (TPSA) is 75.2 Å². The van der Waals surface area contributed by atoms with Crippen LogP contribution in [0.4, 0.5) is 0 Å². The molecular weight excluding hydrogens is 829 g/mol. The Morgan fingerprint density at radius 3 is 0.552 bits per heavy atom. The summed E-state index contributed by atoms with van der Waals surface area (Å²) in [6, 6.07) is 0. The molecule has 6 heteroatoms. The Balaban J connectivity index is 0.000000277. The van der Waals surface area contributed by atoms with E-state index >= 15 is 0 Å². The molecule has 6 aliphatic carbocycles. The highest BCUT2D eigenvalue weighted by atomic mass is 16.7. The first kappa shape index (κ1) is 62.9. The van der Waals surface area contributed by atoms with Gasteiger partial charge < -0.3 is 28.4 Å². The van der Waals surface area contributed by atoms with Crippen molar-refractivity contribution in [2.75, 3.05) is 0 Å². The van der Waals surface area contributed by atoms with Gasteiger partial charge in [0, 0.05) is 6.42 Å². The molecule has 12 aliphatic rings. The fraction of sp³-hybridized carbons (Fsp3) is 1.00.